The third-order valence-corrected chi connectivity index (χ3v) is 8.31. The number of hydrogen-bond donors (Lipinski definition) is 3. The number of aromatic nitrogens is 3. The number of hydrogen-bond acceptors (Lipinski definition) is 8. The molecule has 0 atom stereocenters. The van der Waals surface area contributed by atoms with Crippen LogP contribution in [0.5, 0.6) is 5.88 Å². The lowest BCUT2D eigenvalue weighted by Gasteiger charge is -2.18. The van der Waals surface area contributed by atoms with E-state index in [-0.39, 0.29) is 43.0 Å². The molecule has 1 aromatic carbocycles. The van der Waals surface area contributed by atoms with E-state index in [0.29, 0.717) is 10.4 Å². The fourth-order valence-electron chi connectivity index (χ4n) is 3.60. The van der Waals surface area contributed by atoms with E-state index in [0.717, 1.165) is 5.56 Å². The largest absolute Gasteiger partial charge is 0.480 e. The number of nitrogens with one attached hydrogen (secondary N) is 2. The summed E-state index contributed by atoms with van der Waals surface area (Å²) in [6, 6.07) is 8.26. The lowest BCUT2D eigenvalue weighted by molar-refractivity contribution is -0.135. The van der Waals surface area contributed by atoms with Crippen LogP contribution < -0.4 is 20.3 Å². The van der Waals surface area contributed by atoms with Gasteiger partial charge in [-0.2, -0.15) is 5.10 Å². The Morgan fingerprint density at radius 3 is 2.58 bits per heavy atom. The number of carbonyl (C=O) groups is 2. The van der Waals surface area contributed by atoms with Crippen LogP contribution in [0.25, 0.3) is 10.9 Å². The summed E-state index contributed by atoms with van der Waals surface area (Å²) in [5.41, 5.74) is 0.313. The van der Waals surface area contributed by atoms with Crippen LogP contribution in [0, 0.1) is 0 Å². The fraction of sp³-hybridized carbons (Fsp3) is 0.318. The molecule has 2 heterocycles. The average molecular weight is 536 g/mol. The zero-order valence-electron chi connectivity index (χ0n) is 19.0. The Bertz CT molecular complexity index is 1500. The van der Waals surface area contributed by atoms with Crippen LogP contribution in [0.3, 0.4) is 0 Å². The lowest BCUT2D eigenvalue weighted by atomic mass is 10.1. The van der Waals surface area contributed by atoms with Crippen LogP contribution in [-0.2, 0) is 28.4 Å². The first kappa shape index (κ1) is 25.5. The monoisotopic (exact) mass is 535 g/mol. The van der Waals surface area contributed by atoms with Gasteiger partial charge in [0.1, 0.15) is 29.0 Å². The van der Waals surface area contributed by atoms with E-state index in [2.05, 4.69) is 20.2 Å². The van der Waals surface area contributed by atoms with E-state index in [4.69, 9.17) is 21.4 Å². The number of nitrogens with zero attached hydrogens (tertiary/aromatic N) is 3. The van der Waals surface area contributed by atoms with Crippen molar-refractivity contribution in [3.8, 4) is 5.88 Å². The number of carboxylic acid groups (broad SMARTS) is 1. The summed E-state index contributed by atoms with van der Waals surface area (Å²) in [4.78, 5) is 36.5. The van der Waals surface area contributed by atoms with Gasteiger partial charge in [-0.1, -0.05) is 23.7 Å². The molecule has 1 saturated carbocycles. The number of halogens is 1. The Labute approximate surface area is 210 Å². The second kappa shape index (κ2) is 9.84. The van der Waals surface area contributed by atoms with Gasteiger partial charge in [0, 0.05) is 24.0 Å². The second-order valence-electron chi connectivity index (χ2n) is 8.37. The molecule has 1 aliphatic rings. The molecule has 2 aromatic heterocycles. The zero-order chi connectivity index (χ0) is 26.1. The molecular formula is C22H22ClN5O7S. The van der Waals surface area contributed by atoms with E-state index in [1.54, 1.807) is 24.3 Å². The van der Waals surface area contributed by atoms with Gasteiger partial charge in [0.2, 0.25) is 10.0 Å². The van der Waals surface area contributed by atoms with Gasteiger partial charge >= 0.3 is 5.97 Å². The maximum absolute atomic E-state index is 13.0. The summed E-state index contributed by atoms with van der Waals surface area (Å²) >= 11 is 5.87. The molecule has 0 unspecified atom stereocenters. The van der Waals surface area contributed by atoms with Gasteiger partial charge in [0.15, 0.2) is 0 Å². The molecule has 0 radical (unpaired) electrons. The molecule has 14 heteroatoms. The van der Waals surface area contributed by atoms with E-state index < -0.39 is 38.8 Å². The van der Waals surface area contributed by atoms with Crippen molar-refractivity contribution < 1.29 is 27.9 Å². The summed E-state index contributed by atoms with van der Waals surface area (Å²) < 4.78 is 32.7. The highest BCUT2D eigenvalue weighted by Gasteiger charge is 2.55. The van der Waals surface area contributed by atoms with Crippen LogP contribution in [0.4, 0.5) is 0 Å². The highest BCUT2D eigenvalue weighted by Crippen LogP contribution is 2.43. The maximum atomic E-state index is 13.0. The molecule has 1 fully saturated rings. The normalized spacial score (nSPS) is 14.4. The molecule has 4 rings (SSSR count). The van der Waals surface area contributed by atoms with Gasteiger partial charge in [-0.3, -0.25) is 14.4 Å². The SMILES string of the molecule is Cn1c(=O)c(C(=O)NCc2ccc(Cl)cc2)cc2cnnc(OCC3(S(=O)(=O)NCC(=O)O)CC3)c21. The van der Waals surface area contributed by atoms with Gasteiger partial charge in [-0.25, -0.2) is 13.1 Å². The predicted octanol–water partition coefficient (Wildman–Crippen LogP) is 0.827. The molecule has 1 amide bonds. The molecule has 190 valence electrons. The van der Waals surface area contributed by atoms with E-state index in [1.165, 1.54) is 23.9 Å². The molecule has 3 aromatic rings. The summed E-state index contributed by atoms with van der Waals surface area (Å²) in [5, 5.41) is 20.2. The van der Waals surface area contributed by atoms with Crippen LogP contribution >= 0.6 is 11.6 Å². The number of aliphatic carboxylic acids is 1. The number of rotatable bonds is 10. The number of benzene rings is 1. The van der Waals surface area contributed by atoms with Crippen LogP contribution in [0.1, 0.15) is 28.8 Å². The summed E-state index contributed by atoms with van der Waals surface area (Å²) in [7, 11) is -2.53. The van der Waals surface area contributed by atoms with Gasteiger partial charge in [0.05, 0.1) is 6.20 Å². The molecule has 1 aliphatic carbocycles. The predicted molar refractivity (Wildman–Crippen MR) is 129 cm³/mol. The molecule has 0 saturated heterocycles. The number of aryl methyl sites for hydroxylation is 1. The maximum Gasteiger partial charge on any atom is 0.318 e. The number of amides is 1. The first-order chi connectivity index (χ1) is 17.0. The third-order valence-electron chi connectivity index (χ3n) is 5.87. The molecule has 12 nitrogen and oxygen atoms in total. The van der Waals surface area contributed by atoms with Crippen molar-refractivity contribution in [2.24, 2.45) is 7.05 Å². The minimum absolute atomic E-state index is 0.0834. The Balaban J connectivity index is 1.55. The highest BCUT2D eigenvalue weighted by atomic mass is 35.5. The Morgan fingerprint density at radius 2 is 1.94 bits per heavy atom. The molecule has 0 aliphatic heterocycles. The highest BCUT2D eigenvalue weighted by molar-refractivity contribution is 7.91. The van der Waals surface area contributed by atoms with Crippen molar-refractivity contribution in [3.05, 3.63) is 63.0 Å². The second-order valence-corrected chi connectivity index (χ2v) is 11.0. The minimum atomic E-state index is -3.97. The summed E-state index contributed by atoms with van der Waals surface area (Å²) in [5.74, 6) is -1.97. The Kier molecular flexibility index (Phi) is 6.98. The number of carbonyl (C=O) groups excluding carboxylic acids is 1. The van der Waals surface area contributed by atoms with Crippen LogP contribution in [0.15, 0.2) is 41.3 Å². The standard InChI is InChI=1S/C22H22ClN5O7S/c1-28-18-14(8-16(21(28)32)19(31)24-9-13-2-4-15(23)5-3-13)10-25-27-20(18)35-12-22(6-7-22)36(33,34)26-11-17(29)30/h2-5,8,10,26H,6-7,9,11-12H2,1H3,(H,24,31)(H,29,30). The van der Waals surface area contributed by atoms with Crippen LogP contribution in [-0.4, -0.2) is 58.1 Å². The van der Waals surface area contributed by atoms with E-state index in [9.17, 15) is 22.8 Å². The smallest absolute Gasteiger partial charge is 0.318 e. The van der Waals surface area contributed by atoms with Crippen molar-refractivity contribution >= 4 is 44.4 Å². The minimum Gasteiger partial charge on any atom is -0.480 e. The van der Waals surface area contributed by atoms with Gasteiger partial charge in [-0.05, 0) is 36.6 Å². The van der Waals surface area contributed by atoms with Gasteiger partial charge in [-0.15, -0.1) is 5.10 Å². The number of pyridine rings is 1. The lowest BCUT2D eigenvalue weighted by Crippen LogP contribution is -2.42. The topological polar surface area (TPSA) is 170 Å². The summed E-state index contributed by atoms with van der Waals surface area (Å²) in [6.07, 6.45) is 1.91. The Hall–Kier alpha value is -3.55. The Morgan fingerprint density at radius 1 is 1.25 bits per heavy atom. The van der Waals surface area contributed by atoms with Gasteiger partial charge < -0.3 is 19.7 Å². The molecule has 0 bridgehead atoms. The fourth-order valence-corrected chi connectivity index (χ4v) is 5.20. The summed E-state index contributed by atoms with van der Waals surface area (Å²) in [6.45, 7) is -0.866. The van der Waals surface area contributed by atoms with Crippen molar-refractivity contribution in [2.45, 2.75) is 24.1 Å². The molecular weight excluding hydrogens is 514 g/mol. The third kappa shape index (κ3) is 5.17. The molecule has 36 heavy (non-hydrogen) atoms. The molecule has 0 spiro atoms. The first-order valence-electron chi connectivity index (χ1n) is 10.7. The van der Waals surface area contributed by atoms with Crippen molar-refractivity contribution in [1.29, 1.82) is 0 Å². The van der Waals surface area contributed by atoms with E-state index >= 15 is 0 Å². The zero-order valence-corrected chi connectivity index (χ0v) is 20.6. The van der Waals surface area contributed by atoms with Gasteiger partial charge in [0.25, 0.3) is 17.3 Å². The number of carboxylic acids is 1. The number of sulfonamides is 1. The number of ether oxygens (including phenoxy) is 1. The molecule has 3 N–H and O–H groups in total. The average Bonchev–Trinajstić information content (AvgIpc) is 3.65. The quantitative estimate of drug-likeness (QED) is 0.340. The first-order valence-corrected chi connectivity index (χ1v) is 12.6. The van der Waals surface area contributed by atoms with Crippen molar-refractivity contribution in [2.75, 3.05) is 13.2 Å². The van der Waals surface area contributed by atoms with Crippen LogP contribution in [0.2, 0.25) is 5.02 Å². The van der Waals surface area contributed by atoms with Crippen molar-refractivity contribution in [3.63, 3.8) is 0 Å². The number of fused-ring (bicyclic) bond motifs is 1. The van der Waals surface area contributed by atoms with E-state index in [1.807, 2.05) is 0 Å². The van der Waals surface area contributed by atoms with Crippen molar-refractivity contribution in [1.82, 2.24) is 24.8 Å².